The highest BCUT2D eigenvalue weighted by Crippen LogP contribution is 2.06. The van der Waals surface area contributed by atoms with Crippen LogP contribution < -0.4 is 0 Å². The van der Waals surface area contributed by atoms with Crippen LogP contribution in [0.5, 0.6) is 0 Å². The zero-order valence-electron chi connectivity index (χ0n) is 14.0. The van der Waals surface area contributed by atoms with Crippen LogP contribution in [0.3, 0.4) is 0 Å². The number of nitro groups is 1. The van der Waals surface area contributed by atoms with Crippen molar-refractivity contribution in [2.75, 3.05) is 0 Å². The van der Waals surface area contributed by atoms with Crippen molar-refractivity contribution in [2.24, 2.45) is 0 Å². The average Bonchev–Trinajstić information content (AvgIpc) is 2.50. The fourth-order valence-electron chi connectivity index (χ4n) is 2.04. The van der Waals surface area contributed by atoms with Crippen LogP contribution in [0.4, 0.5) is 0 Å². The van der Waals surface area contributed by atoms with Gasteiger partial charge in [-0.3, -0.25) is 10.1 Å². The van der Waals surface area contributed by atoms with Crippen LogP contribution in [-0.2, 0) is 4.79 Å². The van der Waals surface area contributed by atoms with Crippen molar-refractivity contribution in [2.45, 2.75) is 70.8 Å². The van der Waals surface area contributed by atoms with Crippen molar-refractivity contribution < 1.29 is 14.8 Å². The number of rotatable bonds is 14. The lowest BCUT2D eigenvalue weighted by Gasteiger charge is -2.02. The predicted molar refractivity (Wildman–Crippen MR) is 93.1 cm³/mol. The third kappa shape index (κ3) is 13.5. The molecular formula is C18H29NO4. The third-order valence-electron chi connectivity index (χ3n) is 3.41. The van der Waals surface area contributed by atoms with Gasteiger partial charge in [0.05, 0.1) is 0 Å². The molecule has 0 aromatic carbocycles. The first-order valence-corrected chi connectivity index (χ1v) is 8.40. The number of hydrogen-bond acceptors (Lipinski definition) is 3. The van der Waals surface area contributed by atoms with Crippen LogP contribution in [0.1, 0.15) is 64.7 Å². The van der Waals surface area contributed by atoms with Crippen molar-refractivity contribution in [3.63, 3.8) is 0 Å². The fourth-order valence-corrected chi connectivity index (χ4v) is 2.04. The minimum Gasteiger partial charge on any atom is -0.476 e. The Kier molecular flexibility index (Phi) is 13.8. The fraction of sp³-hybridized carbons (Fsp3) is 0.611. The minimum atomic E-state index is -1.48. The first kappa shape index (κ1) is 21.1. The van der Waals surface area contributed by atoms with E-state index in [0.29, 0.717) is 12.8 Å². The molecule has 0 aliphatic heterocycles. The van der Waals surface area contributed by atoms with Gasteiger partial charge in [0, 0.05) is 11.3 Å². The normalized spacial score (nSPS) is 13.3. The number of allylic oxidation sites excluding steroid dienone is 6. The second kappa shape index (κ2) is 15.0. The summed E-state index contributed by atoms with van der Waals surface area (Å²) in [6.07, 6.45) is 20.6. The number of unbranched alkanes of at least 4 members (excludes halogenated alkanes) is 4. The molecule has 0 aromatic rings. The summed E-state index contributed by atoms with van der Waals surface area (Å²) < 4.78 is 0. The molecule has 0 aliphatic rings. The molecule has 0 rings (SSSR count). The van der Waals surface area contributed by atoms with Gasteiger partial charge in [-0.1, -0.05) is 56.2 Å². The number of carboxylic acid groups (broad SMARTS) is 1. The Balaban J connectivity index is 3.62. The minimum absolute atomic E-state index is 0.0747. The topological polar surface area (TPSA) is 80.4 Å². The Labute approximate surface area is 138 Å². The zero-order chi connectivity index (χ0) is 17.3. The number of aliphatic carboxylic acids is 1. The first-order chi connectivity index (χ1) is 11.1. The molecule has 5 nitrogen and oxygen atoms in total. The second-order valence-electron chi connectivity index (χ2n) is 5.45. The number of nitrogens with zero attached hydrogens (tertiary/aromatic N) is 1. The van der Waals surface area contributed by atoms with E-state index in [1.165, 1.54) is 19.3 Å². The van der Waals surface area contributed by atoms with Crippen LogP contribution >= 0.6 is 0 Å². The summed E-state index contributed by atoms with van der Waals surface area (Å²) in [7, 11) is 0. The van der Waals surface area contributed by atoms with Crippen molar-refractivity contribution in [3.05, 3.63) is 46.6 Å². The molecule has 0 heterocycles. The summed E-state index contributed by atoms with van der Waals surface area (Å²) in [5.41, 5.74) is 0. The summed E-state index contributed by atoms with van der Waals surface area (Å²) in [5, 5.41) is 19.2. The molecule has 5 heteroatoms. The first-order valence-electron chi connectivity index (χ1n) is 8.40. The molecule has 1 N–H and O–H groups in total. The van der Waals surface area contributed by atoms with Gasteiger partial charge in [0.15, 0.2) is 0 Å². The van der Waals surface area contributed by atoms with Gasteiger partial charge in [-0.2, -0.15) is 0 Å². The van der Waals surface area contributed by atoms with E-state index in [1.807, 2.05) is 12.2 Å². The maximum Gasteiger partial charge on any atom is 0.379 e. The third-order valence-corrected chi connectivity index (χ3v) is 3.41. The van der Waals surface area contributed by atoms with Crippen LogP contribution in [0.2, 0.25) is 0 Å². The van der Waals surface area contributed by atoms with Gasteiger partial charge in [0.1, 0.15) is 0 Å². The molecule has 0 aliphatic carbocycles. The van der Waals surface area contributed by atoms with E-state index in [1.54, 1.807) is 0 Å². The summed E-state index contributed by atoms with van der Waals surface area (Å²) in [4.78, 5) is 20.4. The molecular weight excluding hydrogens is 294 g/mol. The highest BCUT2D eigenvalue weighted by molar-refractivity contribution is 5.71. The van der Waals surface area contributed by atoms with E-state index in [2.05, 4.69) is 31.2 Å². The zero-order valence-corrected chi connectivity index (χ0v) is 14.0. The Hall–Kier alpha value is -1.91. The molecule has 23 heavy (non-hydrogen) atoms. The van der Waals surface area contributed by atoms with Crippen molar-refractivity contribution >= 4 is 5.97 Å². The second-order valence-corrected chi connectivity index (χ2v) is 5.45. The van der Waals surface area contributed by atoms with Gasteiger partial charge in [0.25, 0.3) is 0 Å². The summed E-state index contributed by atoms with van der Waals surface area (Å²) in [6, 6.07) is -1.48. The highest BCUT2D eigenvalue weighted by Gasteiger charge is 2.27. The highest BCUT2D eigenvalue weighted by atomic mass is 16.6. The Morgan fingerprint density at radius 3 is 2.00 bits per heavy atom. The maximum atomic E-state index is 10.6. The van der Waals surface area contributed by atoms with Crippen molar-refractivity contribution in [1.82, 2.24) is 0 Å². The standard InChI is InChI=1S/C18H29NO4/c1-2-3-4-5-6-7-8-9-10-11-12-13-14-15-16-17(18(20)21)19(22)23/h6-7,9-10,12-13,17H,2-5,8,11,14-16H2,1H3,(H,20,21). The Morgan fingerprint density at radius 1 is 1.00 bits per heavy atom. The van der Waals surface area contributed by atoms with E-state index in [0.717, 1.165) is 19.3 Å². The lowest BCUT2D eigenvalue weighted by Crippen LogP contribution is -2.28. The van der Waals surface area contributed by atoms with Crippen LogP contribution in [-0.4, -0.2) is 22.0 Å². The van der Waals surface area contributed by atoms with Gasteiger partial charge in [0.2, 0.25) is 0 Å². The largest absolute Gasteiger partial charge is 0.476 e. The van der Waals surface area contributed by atoms with Crippen LogP contribution in [0, 0.1) is 10.1 Å². The molecule has 0 radical (unpaired) electrons. The summed E-state index contributed by atoms with van der Waals surface area (Å²) in [6.45, 7) is 2.20. The van der Waals surface area contributed by atoms with Gasteiger partial charge in [-0.15, -0.1) is 0 Å². The summed E-state index contributed by atoms with van der Waals surface area (Å²) in [5.74, 6) is -1.36. The number of carboxylic acids is 1. The van der Waals surface area contributed by atoms with Gasteiger partial charge in [-0.05, 0) is 38.5 Å². The smallest absolute Gasteiger partial charge is 0.379 e. The molecule has 0 amide bonds. The average molecular weight is 323 g/mol. The Morgan fingerprint density at radius 2 is 1.52 bits per heavy atom. The van der Waals surface area contributed by atoms with E-state index >= 15 is 0 Å². The Bertz CT molecular complexity index is 399. The summed E-state index contributed by atoms with van der Waals surface area (Å²) >= 11 is 0. The van der Waals surface area contributed by atoms with E-state index < -0.39 is 16.9 Å². The molecule has 1 atom stereocenters. The molecule has 0 aromatic heterocycles. The van der Waals surface area contributed by atoms with Gasteiger partial charge in [-0.25, -0.2) is 4.79 Å². The van der Waals surface area contributed by atoms with Crippen molar-refractivity contribution in [3.8, 4) is 0 Å². The molecule has 0 saturated carbocycles. The van der Waals surface area contributed by atoms with Crippen molar-refractivity contribution in [1.29, 1.82) is 0 Å². The monoisotopic (exact) mass is 323 g/mol. The SMILES string of the molecule is CCCCCC=CCC=CCC=CCCCC(C(=O)O)[N+](=O)[O-]. The van der Waals surface area contributed by atoms with Crippen LogP contribution in [0.15, 0.2) is 36.5 Å². The molecule has 1 unspecified atom stereocenters. The lowest BCUT2D eigenvalue weighted by molar-refractivity contribution is -0.511. The van der Waals surface area contributed by atoms with Gasteiger partial charge < -0.3 is 5.11 Å². The quantitative estimate of drug-likeness (QED) is 0.213. The van der Waals surface area contributed by atoms with E-state index in [9.17, 15) is 14.9 Å². The lowest BCUT2D eigenvalue weighted by atomic mass is 10.1. The number of hydrogen-bond donors (Lipinski definition) is 1. The molecule has 0 bridgehead atoms. The van der Waals surface area contributed by atoms with E-state index in [-0.39, 0.29) is 6.42 Å². The van der Waals surface area contributed by atoms with Crippen LogP contribution in [0.25, 0.3) is 0 Å². The maximum absolute atomic E-state index is 10.6. The molecule has 0 spiro atoms. The molecule has 0 fully saturated rings. The predicted octanol–water partition coefficient (Wildman–Crippen LogP) is 4.92. The molecule has 0 saturated heterocycles. The molecule has 130 valence electrons. The van der Waals surface area contributed by atoms with E-state index in [4.69, 9.17) is 5.11 Å². The van der Waals surface area contributed by atoms with Gasteiger partial charge >= 0.3 is 12.0 Å². The number of carbonyl (C=O) groups is 1.